The first-order valence-electron chi connectivity index (χ1n) is 12.4. The Bertz CT molecular complexity index is 1000. The van der Waals surface area contributed by atoms with Gasteiger partial charge in [0.15, 0.2) is 5.16 Å². The maximum absolute atomic E-state index is 12.9. The maximum Gasteiger partial charge on any atom is 0.309 e. The Labute approximate surface area is 211 Å². The van der Waals surface area contributed by atoms with Crippen molar-refractivity contribution in [3.63, 3.8) is 0 Å². The summed E-state index contributed by atoms with van der Waals surface area (Å²) in [5.41, 5.74) is 2.67. The molecule has 0 atom stereocenters. The average Bonchev–Trinajstić information content (AvgIpc) is 3.43. The Morgan fingerprint density at radius 3 is 2.43 bits per heavy atom. The van der Waals surface area contributed by atoms with E-state index in [1.807, 2.05) is 42.2 Å². The molecule has 1 aromatic heterocycles. The molecule has 0 unspecified atom stereocenters. The summed E-state index contributed by atoms with van der Waals surface area (Å²) < 4.78 is 10.4. The molecule has 2 fully saturated rings. The molecule has 9 heteroatoms. The number of piperidine rings is 1. The molecule has 0 aliphatic carbocycles. The number of methoxy groups -OCH3 is 1. The molecule has 0 bridgehead atoms. The fraction of sp³-hybridized carbons (Fsp3) is 0.538. The minimum atomic E-state index is -0.147. The largest absolute Gasteiger partial charge is 0.466 e. The van der Waals surface area contributed by atoms with Crippen LogP contribution in [0.1, 0.15) is 54.2 Å². The van der Waals surface area contributed by atoms with Crippen molar-refractivity contribution >= 4 is 29.5 Å². The minimum absolute atomic E-state index is 0.0115. The standard InChI is InChI=1S/C26H34N4O4S/c1-3-34-25(32)21-10-14-30(15-11-21)24(31)20-8-6-19(7-9-20)18-35-26-27-22(17-33-2)16-23(28-26)29-12-4-5-13-29/h6-9,16,21H,3-5,10-15,17-18H2,1-2H3. The molecule has 1 aromatic carbocycles. The lowest BCUT2D eigenvalue weighted by Gasteiger charge is -2.31. The molecule has 3 heterocycles. The monoisotopic (exact) mass is 498 g/mol. The van der Waals surface area contributed by atoms with Crippen LogP contribution in [-0.4, -0.2) is 66.6 Å². The van der Waals surface area contributed by atoms with E-state index in [-0.39, 0.29) is 17.8 Å². The topological polar surface area (TPSA) is 84.9 Å². The van der Waals surface area contributed by atoms with E-state index >= 15 is 0 Å². The van der Waals surface area contributed by atoms with E-state index in [1.54, 1.807) is 18.9 Å². The summed E-state index contributed by atoms with van der Waals surface area (Å²) >= 11 is 1.59. The molecule has 2 aliphatic rings. The van der Waals surface area contributed by atoms with Crippen molar-refractivity contribution in [2.75, 3.05) is 44.8 Å². The van der Waals surface area contributed by atoms with E-state index in [2.05, 4.69) is 9.88 Å². The molecule has 2 aliphatic heterocycles. The highest BCUT2D eigenvalue weighted by Crippen LogP contribution is 2.26. The Hall–Kier alpha value is -2.65. The van der Waals surface area contributed by atoms with Crippen LogP contribution in [0.4, 0.5) is 5.82 Å². The summed E-state index contributed by atoms with van der Waals surface area (Å²) in [6.45, 7) is 5.89. The average molecular weight is 499 g/mol. The van der Waals surface area contributed by atoms with Gasteiger partial charge >= 0.3 is 5.97 Å². The normalized spacial score (nSPS) is 16.5. The Morgan fingerprint density at radius 2 is 1.77 bits per heavy atom. The second-order valence-electron chi connectivity index (χ2n) is 8.93. The Balaban J connectivity index is 1.33. The van der Waals surface area contributed by atoms with Crippen molar-refractivity contribution in [2.24, 2.45) is 5.92 Å². The van der Waals surface area contributed by atoms with Crippen LogP contribution in [0.2, 0.25) is 0 Å². The van der Waals surface area contributed by atoms with Gasteiger partial charge in [-0.3, -0.25) is 9.59 Å². The van der Waals surface area contributed by atoms with Crippen LogP contribution in [0.3, 0.4) is 0 Å². The predicted octanol–water partition coefficient (Wildman–Crippen LogP) is 3.93. The molecule has 0 spiro atoms. The Morgan fingerprint density at radius 1 is 1.06 bits per heavy atom. The van der Waals surface area contributed by atoms with Crippen LogP contribution in [0.5, 0.6) is 0 Å². The van der Waals surface area contributed by atoms with Gasteiger partial charge in [-0.15, -0.1) is 0 Å². The molecule has 188 valence electrons. The van der Waals surface area contributed by atoms with E-state index in [0.29, 0.717) is 44.7 Å². The lowest BCUT2D eigenvalue weighted by Crippen LogP contribution is -2.40. The van der Waals surface area contributed by atoms with Crippen molar-refractivity contribution in [3.8, 4) is 0 Å². The number of hydrogen-bond donors (Lipinski definition) is 0. The highest BCUT2D eigenvalue weighted by molar-refractivity contribution is 7.98. The van der Waals surface area contributed by atoms with Gasteiger partial charge in [0, 0.05) is 50.7 Å². The van der Waals surface area contributed by atoms with E-state index in [1.165, 1.54) is 12.8 Å². The molecular formula is C26H34N4O4S. The van der Waals surface area contributed by atoms with E-state index in [0.717, 1.165) is 41.1 Å². The smallest absolute Gasteiger partial charge is 0.309 e. The van der Waals surface area contributed by atoms with Gasteiger partial charge < -0.3 is 19.3 Å². The van der Waals surface area contributed by atoms with E-state index < -0.39 is 0 Å². The zero-order chi connectivity index (χ0) is 24.6. The number of esters is 1. The van der Waals surface area contributed by atoms with E-state index in [4.69, 9.17) is 14.5 Å². The fourth-order valence-corrected chi connectivity index (χ4v) is 5.33. The van der Waals surface area contributed by atoms with Gasteiger partial charge in [-0.05, 0) is 50.3 Å². The summed E-state index contributed by atoms with van der Waals surface area (Å²) in [4.78, 5) is 38.4. The van der Waals surface area contributed by atoms with Crippen LogP contribution in [-0.2, 0) is 26.6 Å². The number of amides is 1. The summed E-state index contributed by atoms with van der Waals surface area (Å²) in [6, 6.07) is 9.77. The number of ether oxygens (including phenoxy) is 2. The number of carbonyl (C=O) groups excluding carboxylic acids is 2. The van der Waals surface area contributed by atoms with Gasteiger partial charge in [0.1, 0.15) is 5.82 Å². The van der Waals surface area contributed by atoms with Crippen molar-refractivity contribution < 1.29 is 19.1 Å². The predicted molar refractivity (Wildman–Crippen MR) is 135 cm³/mol. The molecular weight excluding hydrogens is 464 g/mol. The molecule has 2 saturated heterocycles. The van der Waals surface area contributed by atoms with Crippen molar-refractivity contribution in [1.29, 1.82) is 0 Å². The SMILES string of the molecule is CCOC(=O)C1CCN(C(=O)c2ccc(CSc3nc(COC)cc(N4CCCC4)n3)cc2)CC1. The van der Waals surface area contributed by atoms with Gasteiger partial charge in [0.2, 0.25) is 0 Å². The second kappa shape index (κ2) is 12.4. The zero-order valence-electron chi connectivity index (χ0n) is 20.6. The minimum Gasteiger partial charge on any atom is -0.466 e. The first-order chi connectivity index (χ1) is 17.1. The van der Waals surface area contributed by atoms with Crippen LogP contribution in [0, 0.1) is 5.92 Å². The molecule has 4 rings (SSSR count). The van der Waals surface area contributed by atoms with Gasteiger partial charge in [-0.25, -0.2) is 9.97 Å². The molecule has 0 N–H and O–H groups in total. The number of rotatable bonds is 9. The number of aromatic nitrogens is 2. The van der Waals surface area contributed by atoms with Gasteiger partial charge in [-0.1, -0.05) is 23.9 Å². The molecule has 35 heavy (non-hydrogen) atoms. The highest BCUT2D eigenvalue weighted by atomic mass is 32.2. The summed E-state index contributed by atoms with van der Waals surface area (Å²) in [6.07, 6.45) is 3.70. The van der Waals surface area contributed by atoms with Crippen LogP contribution in [0.25, 0.3) is 0 Å². The molecule has 0 saturated carbocycles. The third-order valence-electron chi connectivity index (χ3n) is 6.44. The molecule has 1 amide bonds. The van der Waals surface area contributed by atoms with E-state index in [9.17, 15) is 9.59 Å². The number of anilines is 1. The maximum atomic E-state index is 12.9. The van der Waals surface area contributed by atoms with Crippen LogP contribution in [0.15, 0.2) is 35.5 Å². The number of thioether (sulfide) groups is 1. The summed E-state index contributed by atoms with van der Waals surface area (Å²) in [7, 11) is 1.68. The first-order valence-corrected chi connectivity index (χ1v) is 13.4. The second-order valence-corrected chi connectivity index (χ2v) is 9.87. The van der Waals surface area contributed by atoms with Crippen LogP contribution >= 0.6 is 11.8 Å². The third kappa shape index (κ3) is 6.73. The first kappa shape index (κ1) is 25.4. The van der Waals surface area contributed by atoms with Crippen molar-refractivity contribution in [3.05, 3.63) is 47.2 Å². The third-order valence-corrected chi connectivity index (χ3v) is 7.36. The number of likely N-dealkylation sites (tertiary alicyclic amines) is 1. The van der Waals surface area contributed by atoms with Crippen LogP contribution < -0.4 is 4.90 Å². The quantitative estimate of drug-likeness (QED) is 0.292. The number of nitrogens with zero attached hydrogens (tertiary/aromatic N) is 4. The number of hydrogen-bond acceptors (Lipinski definition) is 8. The summed E-state index contributed by atoms with van der Waals surface area (Å²) in [5.74, 6) is 1.45. The van der Waals surface area contributed by atoms with Gasteiger partial charge in [0.05, 0.1) is 24.8 Å². The zero-order valence-corrected chi connectivity index (χ0v) is 21.4. The highest BCUT2D eigenvalue weighted by Gasteiger charge is 2.28. The number of benzene rings is 1. The Kier molecular flexibility index (Phi) is 8.98. The molecule has 0 radical (unpaired) electrons. The summed E-state index contributed by atoms with van der Waals surface area (Å²) in [5, 5.41) is 0.742. The molecule has 8 nitrogen and oxygen atoms in total. The number of carbonyl (C=O) groups is 2. The fourth-order valence-electron chi connectivity index (χ4n) is 4.51. The van der Waals surface area contributed by atoms with Crippen molar-refractivity contribution in [1.82, 2.24) is 14.9 Å². The van der Waals surface area contributed by atoms with Gasteiger partial charge in [0.25, 0.3) is 5.91 Å². The lowest BCUT2D eigenvalue weighted by atomic mass is 9.96. The van der Waals surface area contributed by atoms with Crippen molar-refractivity contribution in [2.45, 2.75) is 50.1 Å². The lowest BCUT2D eigenvalue weighted by molar-refractivity contribution is -0.149. The van der Waals surface area contributed by atoms with Gasteiger partial charge in [-0.2, -0.15) is 0 Å². The molecule has 2 aromatic rings.